The van der Waals surface area contributed by atoms with E-state index in [0.717, 1.165) is 12.8 Å². The zero-order chi connectivity index (χ0) is 11.5. The van der Waals surface area contributed by atoms with Crippen molar-refractivity contribution in [1.82, 2.24) is 5.32 Å². The Hall–Kier alpha value is -0.810. The molecule has 0 aromatic carbocycles. The third kappa shape index (κ3) is 11.1. The number of carbonyl (C=O) groups excluding carboxylic acids is 2. The van der Waals surface area contributed by atoms with Crippen molar-refractivity contribution in [3.63, 3.8) is 0 Å². The molecule has 0 saturated carbocycles. The largest absolute Gasteiger partial charge is 0.370 e. The second-order valence-electron chi connectivity index (χ2n) is 3.01. The van der Waals surface area contributed by atoms with E-state index in [0.29, 0.717) is 25.5 Å². The van der Waals surface area contributed by atoms with Crippen LogP contribution in [-0.2, 0) is 14.3 Å². The van der Waals surface area contributed by atoms with Crippen molar-refractivity contribution in [3.8, 4) is 0 Å². The molecule has 88 valence electrons. The van der Waals surface area contributed by atoms with Gasteiger partial charge in [0.2, 0.25) is 11.8 Å². The van der Waals surface area contributed by atoms with Gasteiger partial charge in [-0.05, 0) is 12.8 Å². The van der Waals surface area contributed by atoms with Crippen molar-refractivity contribution in [1.29, 1.82) is 0 Å². The number of hydrogen-bond donors (Lipinski definition) is 2. The van der Waals surface area contributed by atoms with Gasteiger partial charge in [-0.1, -0.05) is 0 Å². The Morgan fingerprint density at radius 3 is 2.67 bits per heavy atom. The minimum absolute atomic E-state index is 0.0252. The molecule has 0 aromatic rings. The van der Waals surface area contributed by atoms with Gasteiger partial charge in [0.15, 0.2) is 0 Å². The Kier molecular flexibility index (Phi) is 9.21. The average Bonchev–Trinajstić information content (AvgIpc) is 2.17. The predicted octanol–water partition coefficient (Wildman–Crippen LogP) is 0.0136. The van der Waals surface area contributed by atoms with Crippen molar-refractivity contribution in [3.05, 3.63) is 0 Å². The minimum Gasteiger partial charge on any atom is -0.370 e. The van der Waals surface area contributed by atoms with Crippen LogP contribution in [0.5, 0.6) is 0 Å². The first-order valence-electron chi connectivity index (χ1n) is 4.85. The molecular formula is C9H17ClN2O3. The maximum Gasteiger partial charge on any atom is 0.243 e. The first-order valence-corrected chi connectivity index (χ1v) is 5.39. The highest BCUT2D eigenvalue weighted by molar-refractivity contribution is 6.17. The third-order valence-electron chi connectivity index (χ3n) is 1.60. The Morgan fingerprint density at radius 1 is 1.33 bits per heavy atom. The summed E-state index contributed by atoms with van der Waals surface area (Å²) in [6, 6.07) is 0. The Morgan fingerprint density at radius 2 is 2.07 bits per heavy atom. The number of halogens is 1. The van der Waals surface area contributed by atoms with E-state index in [2.05, 4.69) is 5.32 Å². The molecule has 6 heteroatoms. The number of rotatable bonds is 9. The van der Waals surface area contributed by atoms with Gasteiger partial charge >= 0.3 is 0 Å². The van der Waals surface area contributed by atoms with Gasteiger partial charge in [0.05, 0.1) is 6.61 Å². The van der Waals surface area contributed by atoms with Crippen LogP contribution in [0.15, 0.2) is 0 Å². The van der Waals surface area contributed by atoms with Crippen LogP contribution < -0.4 is 11.1 Å². The summed E-state index contributed by atoms with van der Waals surface area (Å²) in [6.45, 7) is 0.583. The lowest BCUT2D eigenvalue weighted by molar-refractivity contribution is -0.122. The number of primary amides is 1. The lowest BCUT2D eigenvalue weighted by atomic mass is 10.2. The van der Waals surface area contributed by atoms with Gasteiger partial charge in [-0.2, -0.15) is 0 Å². The lowest BCUT2D eigenvalue weighted by Gasteiger charge is -2.04. The lowest BCUT2D eigenvalue weighted by Crippen LogP contribution is -2.28. The number of ether oxygens (including phenoxy) is 1. The summed E-state index contributed by atoms with van der Waals surface area (Å²) in [4.78, 5) is 21.4. The molecule has 0 heterocycles. The highest BCUT2D eigenvalue weighted by Crippen LogP contribution is 1.96. The summed E-state index contributed by atoms with van der Waals surface area (Å²) in [5.41, 5.74) is 4.85. The van der Waals surface area contributed by atoms with Gasteiger partial charge in [-0.3, -0.25) is 9.59 Å². The highest BCUT2D eigenvalue weighted by Gasteiger charge is 2.00. The predicted molar refractivity (Wildman–Crippen MR) is 57.6 cm³/mol. The molecule has 0 aromatic heterocycles. The third-order valence-corrected chi connectivity index (χ3v) is 1.87. The molecule has 3 N–H and O–H groups in total. The summed E-state index contributed by atoms with van der Waals surface area (Å²) in [5.74, 6) is 0.0425. The van der Waals surface area contributed by atoms with Crippen molar-refractivity contribution >= 4 is 23.4 Å². The van der Waals surface area contributed by atoms with Gasteiger partial charge in [-0.15, -0.1) is 11.6 Å². The molecule has 15 heavy (non-hydrogen) atoms. The van der Waals surface area contributed by atoms with E-state index in [1.165, 1.54) is 0 Å². The zero-order valence-electron chi connectivity index (χ0n) is 8.63. The second-order valence-corrected chi connectivity index (χ2v) is 3.39. The molecule has 0 atom stereocenters. The van der Waals surface area contributed by atoms with Crippen LogP contribution >= 0.6 is 11.6 Å². The van der Waals surface area contributed by atoms with Gasteiger partial charge in [-0.25, -0.2) is 0 Å². The quantitative estimate of drug-likeness (QED) is 0.437. The Balaban J connectivity index is 3.20. The molecule has 2 amide bonds. The second kappa shape index (κ2) is 9.73. The Bertz CT molecular complexity index is 200. The average molecular weight is 237 g/mol. The maximum absolute atomic E-state index is 11.1. The summed E-state index contributed by atoms with van der Waals surface area (Å²) in [7, 11) is 0. The molecule has 0 radical (unpaired) electrons. The summed E-state index contributed by atoms with van der Waals surface area (Å²) < 4.78 is 4.86. The summed E-state index contributed by atoms with van der Waals surface area (Å²) >= 11 is 5.46. The van der Waals surface area contributed by atoms with Gasteiger partial charge in [0, 0.05) is 18.8 Å². The SMILES string of the molecule is NC(=O)COCCNC(=O)CCCCCl. The minimum atomic E-state index is -0.511. The molecule has 0 spiro atoms. The van der Waals surface area contributed by atoms with Gasteiger partial charge in [0.25, 0.3) is 0 Å². The fourth-order valence-electron chi connectivity index (χ4n) is 0.904. The molecule has 0 aliphatic carbocycles. The van der Waals surface area contributed by atoms with E-state index in [9.17, 15) is 9.59 Å². The first kappa shape index (κ1) is 14.2. The van der Waals surface area contributed by atoms with E-state index >= 15 is 0 Å². The normalized spacial score (nSPS) is 9.93. The van der Waals surface area contributed by atoms with Crippen LogP contribution in [0, 0.1) is 0 Å². The molecule has 0 aliphatic rings. The molecule has 0 bridgehead atoms. The Labute approximate surface area is 94.3 Å². The molecular weight excluding hydrogens is 220 g/mol. The topological polar surface area (TPSA) is 81.4 Å². The van der Waals surface area contributed by atoms with Crippen LogP contribution in [0.2, 0.25) is 0 Å². The standard InChI is InChI=1S/C9H17ClN2O3/c10-4-2-1-3-9(14)12-5-6-15-7-8(11)13/h1-7H2,(H2,11,13)(H,12,14). The fraction of sp³-hybridized carbons (Fsp3) is 0.778. The van der Waals surface area contributed by atoms with Crippen LogP contribution in [0.1, 0.15) is 19.3 Å². The van der Waals surface area contributed by atoms with E-state index < -0.39 is 5.91 Å². The smallest absolute Gasteiger partial charge is 0.243 e. The van der Waals surface area contributed by atoms with Crippen LogP contribution in [-0.4, -0.2) is 37.5 Å². The van der Waals surface area contributed by atoms with Crippen LogP contribution in [0.4, 0.5) is 0 Å². The number of nitrogens with one attached hydrogen (secondary N) is 1. The van der Waals surface area contributed by atoms with E-state index in [-0.39, 0.29) is 12.5 Å². The fourth-order valence-corrected chi connectivity index (χ4v) is 1.09. The van der Waals surface area contributed by atoms with E-state index in [1.54, 1.807) is 0 Å². The number of hydrogen-bond acceptors (Lipinski definition) is 3. The summed E-state index contributed by atoms with van der Waals surface area (Å²) in [5, 5.41) is 2.66. The number of unbranched alkanes of at least 4 members (excludes halogenated alkanes) is 1. The van der Waals surface area contributed by atoms with Gasteiger partial charge < -0.3 is 15.8 Å². The van der Waals surface area contributed by atoms with E-state index in [1.807, 2.05) is 0 Å². The number of alkyl halides is 1. The van der Waals surface area contributed by atoms with Crippen molar-refractivity contribution in [2.45, 2.75) is 19.3 Å². The van der Waals surface area contributed by atoms with Crippen LogP contribution in [0.3, 0.4) is 0 Å². The van der Waals surface area contributed by atoms with Crippen molar-refractivity contribution < 1.29 is 14.3 Å². The number of nitrogens with two attached hydrogens (primary N) is 1. The number of carbonyl (C=O) groups is 2. The van der Waals surface area contributed by atoms with Crippen LogP contribution in [0.25, 0.3) is 0 Å². The molecule has 0 unspecified atom stereocenters. The van der Waals surface area contributed by atoms with Gasteiger partial charge in [0.1, 0.15) is 6.61 Å². The first-order chi connectivity index (χ1) is 7.16. The molecule has 0 aliphatic heterocycles. The molecule has 0 fully saturated rings. The maximum atomic E-state index is 11.1. The zero-order valence-corrected chi connectivity index (χ0v) is 9.39. The molecule has 0 saturated heterocycles. The van der Waals surface area contributed by atoms with Crippen molar-refractivity contribution in [2.24, 2.45) is 5.73 Å². The molecule has 0 rings (SSSR count). The summed E-state index contributed by atoms with van der Waals surface area (Å²) in [6.07, 6.45) is 2.10. The van der Waals surface area contributed by atoms with E-state index in [4.69, 9.17) is 22.1 Å². The highest BCUT2D eigenvalue weighted by atomic mass is 35.5. The number of amides is 2. The van der Waals surface area contributed by atoms with Crippen molar-refractivity contribution in [2.75, 3.05) is 25.6 Å². The monoisotopic (exact) mass is 236 g/mol. The molecule has 5 nitrogen and oxygen atoms in total.